The van der Waals surface area contributed by atoms with E-state index in [0.29, 0.717) is 17.8 Å². The first kappa shape index (κ1) is 14.2. The number of likely N-dealkylation sites (tertiary alicyclic amines) is 1. The van der Waals surface area contributed by atoms with Gasteiger partial charge in [-0.1, -0.05) is 17.7 Å². The molecule has 0 radical (unpaired) electrons. The van der Waals surface area contributed by atoms with Crippen molar-refractivity contribution < 1.29 is 4.42 Å². The van der Waals surface area contributed by atoms with Crippen LogP contribution in [0.1, 0.15) is 24.3 Å². The van der Waals surface area contributed by atoms with Crippen molar-refractivity contribution in [1.29, 1.82) is 0 Å². The van der Waals surface area contributed by atoms with Crippen LogP contribution < -0.4 is 5.32 Å². The van der Waals surface area contributed by atoms with Crippen LogP contribution in [0.3, 0.4) is 0 Å². The molecule has 0 amide bonds. The van der Waals surface area contributed by atoms with E-state index in [1.807, 2.05) is 19.2 Å². The van der Waals surface area contributed by atoms with Crippen molar-refractivity contribution in [3.05, 3.63) is 35.7 Å². The van der Waals surface area contributed by atoms with Gasteiger partial charge in [-0.15, -0.1) is 10.2 Å². The third-order valence-corrected chi connectivity index (χ3v) is 4.00. The number of nitrogens with zero attached hydrogens (tertiary/aromatic N) is 3. The fraction of sp³-hybridized carbons (Fsp3) is 0.500. The van der Waals surface area contributed by atoms with Gasteiger partial charge in [0, 0.05) is 18.2 Å². The van der Waals surface area contributed by atoms with Crippen molar-refractivity contribution in [3.8, 4) is 11.5 Å². The molecule has 3 rings (SSSR count). The lowest BCUT2D eigenvalue weighted by atomic mass is 10.1. The molecule has 1 aromatic carbocycles. The van der Waals surface area contributed by atoms with Crippen LogP contribution in [0.25, 0.3) is 11.5 Å². The van der Waals surface area contributed by atoms with E-state index in [-0.39, 0.29) is 0 Å². The van der Waals surface area contributed by atoms with E-state index in [0.717, 1.165) is 25.2 Å². The number of likely N-dealkylation sites (N-methyl/N-ethyl adjacent to an activating group) is 1. The largest absolute Gasteiger partial charge is 0.419 e. The molecule has 0 bridgehead atoms. The van der Waals surface area contributed by atoms with Crippen LogP contribution in [-0.2, 0) is 6.54 Å². The molecule has 1 saturated heterocycles. The van der Waals surface area contributed by atoms with Gasteiger partial charge in [0.25, 0.3) is 0 Å². The van der Waals surface area contributed by atoms with E-state index in [1.165, 1.54) is 18.4 Å². The van der Waals surface area contributed by atoms with Gasteiger partial charge < -0.3 is 9.73 Å². The Morgan fingerprint density at radius 3 is 3.10 bits per heavy atom. The second-order valence-corrected chi connectivity index (χ2v) is 5.73. The maximum atomic E-state index is 5.81. The molecule has 0 spiro atoms. The molecule has 21 heavy (non-hydrogen) atoms. The van der Waals surface area contributed by atoms with Crippen molar-refractivity contribution in [2.24, 2.45) is 0 Å². The van der Waals surface area contributed by atoms with Crippen LogP contribution in [0.4, 0.5) is 0 Å². The zero-order valence-corrected chi connectivity index (χ0v) is 12.7. The number of nitrogens with one attached hydrogen (secondary N) is 1. The van der Waals surface area contributed by atoms with Gasteiger partial charge in [0.2, 0.25) is 11.8 Å². The van der Waals surface area contributed by atoms with E-state index < -0.39 is 0 Å². The fourth-order valence-electron chi connectivity index (χ4n) is 2.84. The normalized spacial score (nSPS) is 19.8. The van der Waals surface area contributed by atoms with E-state index in [4.69, 9.17) is 4.42 Å². The summed E-state index contributed by atoms with van der Waals surface area (Å²) in [4.78, 5) is 2.37. The van der Waals surface area contributed by atoms with Crippen molar-refractivity contribution in [2.45, 2.75) is 32.4 Å². The molecule has 2 heterocycles. The van der Waals surface area contributed by atoms with Crippen molar-refractivity contribution in [2.75, 3.05) is 20.1 Å². The summed E-state index contributed by atoms with van der Waals surface area (Å²) < 4.78 is 5.81. The summed E-state index contributed by atoms with van der Waals surface area (Å²) in [6.07, 6.45) is 2.45. The van der Waals surface area contributed by atoms with Gasteiger partial charge in [0.15, 0.2) is 0 Å². The Balaban J connectivity index is 1.68. The molecule has 1 aromatic heterocycles. The van der Waals surface area contributed by atoms with Crippen LogP contribution in [0.2, 0.25) is 0 Å². The van der Waals surface area contributed by atoms with Crippen LogP contribution in [0.5, 0.6) is 0 Å². The summed E-state index contributed by atoms with van der Waals surface area (Å²) in [6.45, 7) is 4.93. The smallest absolute Gasteiger partial charge is 0.247 e. The zero-order valence-electron chi connectivity index (χ0n) is 12.7. The minimum Gasteiger partial charge on any atom is -0.419 e. The first-order valence-corrected chi connectivity index (χ1v) is 7.53. The number of hydrogen-bond donors (Lipinski definition) is 1. The summed E-state index contributed by atoms with van der Waals surface area (Å²) in [5, 5.41) is 11.7. The first-order chi connectivity index (χ1) is 10.2. The maximum Gasteiger partial charge on any atom is 0.247 e. The third kappa shape index (κ3) is 3.49. The molecule has 0 aliphatic carbocycles. The lowest BCUT2D eigenvalue weighted by molar-refractivity contribution is 0.173. The molecule has 1 aliphatic rings. The highest BCUT2D eigenvalue weighted by Gasteiger charge is 2.20. The van der Waals surface area contributed by atoms with Gasteiger partial charge >= 0.3 is 0 Å². The van der Waals surface area contributed by atoms with E-state index >= 15 is 0 Å². The summed E-state index contributed by atoms with van der Waals surface area (Å²) in [5.41, 5.74) is 2.18. The lowest BCUT2D eigenvalue weighted by Gasteiger charge is -2.31. The Kier molecular flexibility index (Phi) is 4.31. The highest BCUT2D eigenvalue weighted by Crippen LogP contribution is 2.20. The van der Waals surface area contributed by atoms with Crippen LogP contribution in [-0.4, -0.2) is 41.3 Å². The second kappa shape index (κ2) is 6.37. The van der Waals surface area contributed by atoms with Gasteiger partial charge in [0.05, 0.1) is 6.54 Å². The third-order valence-electron chi connectivity index (χ3n) is 4.00. The Hall–Kier alpha value is -1.72. The predicted molar refractivity (Wildman–Crippen MR) is 81.8 cm³/mol. The van der Waals surface area contributed by atoms with Crippen molar-refractivity contribution in [1.82, 2.24) is 20.4 Å². The Morgan fingerprint density at radius 1 is 1.38 bits per heavy atom. The summed E-state index contributed by atoms with van der Waals surface area (Å²) in [5.74, 6) is 1.30. The SMILES string of the molecule is CNC1CCCN(Cc2nnc(-c3cccc(C)c3)o2)C1. The molecular weight excluding hydrogens is 264 g/mol. The van der Waals surface area contributed by atoms with E-state index in [9.17, 15) is 0 Å². The highest BCUT2D eigenvalue weighted by atomic mass is 16.4. The quantitative estimate of drug-likeness (QED) is 0.934. The van der Waals surface area contributed by atoms with Gasteiger partial charge in [-0.05, 0) is 45.5 Å². The Bertz CT molecular complexity index is 595. The first-order valence-electron chi connectivity index (χ1n) is 7.53. The predicted octanol–water partition coefficient (Wildman–Crippen LogP) is 2.23. The zero-order chi connectivity index (χ0) is 14.7. The monoisotopic (exact) mass is 286 g/mol. The molecule has 1 N–H and O–H groups in total. The average molecular weight is 286 g/mol. The Morgan fingerprint density at radius 2 is 2.29 bits per heavy atom. The minimum absolute atomic E-state index is 0.568. The number of benzene rings is 1. The Labute approximate surface area is 125 Å². The average Bonchev–Trinajstić information content (AvgIpc) is 2.96. The molecule has 1 atom stereocenters. The number of piperidine rings is 1. The molecule has 5 nitrogen and oxygen atoms in total. The highest BCUT2D eigenvalue weighted by molar-refractivity contribution is 5.53. The molecule has 1 aliphatic heterocycles. The van der Waals surface area contributed by atoms with Crippen molar-refractivity contribution in [3.63, 3.8) is 0 Å². The molecule has 5 heteroatoms. The minimum atomic E-state index is 0.568. The van der Waals surface area contributed by atoms with E-state index in [1.54, 1.807) is 0 Å². The topological polar surface area (TPSA) is 54.2 Å². The standard InChI is InChI=1S/C16H22N4O/c1-12-5-3-6-13(9-12)16-19-18-15(21-16)11-20-8-4-7-14(10-20)17-2/h3,5-6,9,14,17H,4,7-8,10-11H2,1-2H3. The van der Waals surface area contributed by atoms with E-state index in [2.05, 4.69) is 39.5 Å². The van der Waals surface area contributed by atoms with Crippen LogP contribution in [0.15, 0.2) is 28.7 Å². The van der Waals surface area contributed by atoms with Crippen LogP contribution in [0, 0.1) is 6.92 Å². The second-order valence-electron chi connectivity index (χ2n) is 5.73. The summed E-state index contributed by atoms with van der Waals surface area (Å²) in [6, 6.07) is 8.71. The lowest BCUT2D eigenvalue weighted by Crippen LogP contribution is -2.43. The number of aromatic nitrogens is 2. The maximum absolute atomic E-state index is 5.81. The van der Waals surface area contributed by atoms with Gasteiger partial charge in [-0.3, -0.25) is 4.90 Å². The molecule has 112 valence electrons. The molecule has 0 saturated carbocycles. The van der Waals surface area contributed by atoms with Gasteiger partial charge in [-0.2, -0.15) is 0 Å². The summed E-state index contributed by atoms with van der Waals surface area (Å²) >= 11 is 0. The molecule has 1 unspecified atom stereocenters. The number of aryl methyl sites for hydroxylation is 1. The number of rotatable bonds is 4. The van der Waals surface area contributed by atoms with Crippen molar-refractivity contribution >= 4 is 0 Å². The molecule has 1 fully saturated rings. The molecular formula is C16H22N4O. The fourth-order valence-corrected chi connectivity index (χ4v) is 2.84. The van der Waals surface area contributed by atoms with Gasteiger partial charge in [0.1, 0.15) is 0 Å². The van der Waals surface area contributed by atoms with Crippen LogP contribution >= 0.6 is 0 Å². The number of hydrogen-bond acceptors (Lipinski definition) is 5. The van der Waals surface area contributed by atoms with Gasteiger partial charge in [-0.25, -0.2) is 0 Å². The molecule has 2 aromatic rings. The summed E-state index contributed by atoms with van der Waals surface area (Å²) in [7, 11) is 2.02.